The average molecular weight is 575 g/mol. The zero-order valence-corrected chi connectivity index (χ0v) is 23.8. The number of ether oxygens (including phenoxy) is 1. The van der Waals surface area contributed by atoms with Crippen molar-refractivity contribution in [1.29, 1.82) is 0 Å². The van der Waals surface area contributed by atoms with E-state index in [1.54, 1.807) is 11.3 Å². The van der Waals surface area contributed by atoms with Gasteiger partial charge in [0, 0.05) is 74.6 Å². The maximum atomic E-state index is 12.6. The standard InChI is InChI=1S/C29H34N8O3S/c1-2-25(38)30-8-4-7-26(39)36-11-9-35(10-12-36)19-20-17-24-27(41-20)29(37-13-15-40-16-14-37)33-28(32-24)21-5-3-6-23-22(21)18-31-34-23/h2-3,5-6,17-18H,1,4,7-16,19H2,(H,30,38)(H,31,34). The first-order valence-electron chi connectivity index (χ1n) is 14.0. The molecule has 0 radical (unpaired) electrons. The van der Waals surface area contributed by atoms with Gasteiger partial charge in [0.25, 0.3) is 0 Å². The minimum atomic E-state index is -0.207. The maximum absolute atomic E-state index is 12.6. The lowest BCUT2D eigenvalue weighted by molar-refractivity contribution is -0.133. The monoisotopic (exact) mass is 574 g/mol. The number of H-pyrrole nitrogens is 1. The number of hydrogen-bond acceptors (Lipinski definition) is 9. The van der Waals surface area contributed by atoms with Crippen LogP contribution in [0.5, 0.6) is 0 Å². The van der Waals surface area contributed by atoms with Crippen molar-refractivity contribution in [2.45, 2.75) is 19.4 Å². The van der Waals surface area contributed by atoms with Crippen molar-refractivity contribution < 1.29 is 14.3 Å². The lowest BCUT2D eigenvalue weighted by Gasteiger charge is -2.34. The number of nitrogens with zero attached hydrogens (tertiary/aromatic N) is 6. The summed E-state index contributed by atoms with van der Waals surface area (Å²) in [6.07, 6.45) is 4.14. The molecule has 2 amide bonds. The second kappa shape index (κ2) is 12.3. The van der Waals surface area contributed by atoms with Crippen LogP contribution < -0.4 is 10.2 Å². The Kier molecular flexibility index (Phi) is 8.21. The van der Waals surface area contributed by atoms with Crippen molar-refractivity contribution in [3.8, 4) is 11.4 Å². The Labute approximate surface area is 242 Å². The summed E-state index contributed by atoms with van der Waals surface area (Å²) in [4.78, 5) is 41.9. The third kappa shape index (κ3) is 6.09. The van der Waals surface area contributed by atoms with Crippen molar-refractivity contribution >= 4 is 50.1 Å². The molecule has 0 bridgehead atoms. The fourth-order valence-corrected chi connectivity index (χ4v) is 6.53. The van der Waals surface area contributed by atoms with Crippen molar-refractivity contribution in [2.24, 2.45) is 0 Å². The van der Waals surface area contributed by atoms with Gasteiger partial charge in [-0.3, -0.25) is 19.6 Å². The number of aromatic nitrogens is 4. The molecule has 4 aromatic rings. The highest BCUT2D eigenvalue weighted by atomic mass is 32.1. The molecular formula is C29H34N8O3S. The topological polar surface area (TPSA) is 120 Å². The Morgan fingerprint density at radius 2 is 1.95 bits per heavy atom. The number of thiophene rings is 1. The number of piperazine rings is 1. The van der Waals surface area contributed by atoms with Gasteiger partial charge in [-0.25, -0.2) is 9.97 Å². The number of morpholine rings is 1. The van der Waals surface area contributed by atoms with Crippen molar-refractivity contribution in [3.05, 3.63) is 48.0 Å². The number of fused-ring (bicyclic) bond motifs is 2. The Morgan fingerprint density at radius 3 is 2.76 bits per heavy atom. The second-order valence-corrected chi connectivity index (χ2v) is 11.4. The van der Waals surface area contributed by atoms with E-state index in [1.165, 1.54) is 11.0 Å². The maximum Gasteiger partial charge on any atom is 0.243 e. The summed E-state index contributed by atoms with van der Waals surface area (Å²) in [6.45, 7) is 10.8. The lowest BCUT2D eigenvalue weighted by atomic mass is 10.1. The van der Waals surface area contributed by atoms with Crippen LogP contribution in [0.25, 0.3) is 32.5 Å². The van der Waals surface area contributed by atoms with Gasteiger partial charge >= 0.3 is 0 Å². The Hall–Kier alpha value is -3.87. The molecule has 0 unspecified atom stereocenters. The fraction of sp³-hybridized carbons (Fsp3) is 0.414. The first kappa shape index (κ1) is 27.3. The smallest absolute Gasteiger partial charge is 0.243 e. The van der Waals surface area contributed by atoms with Crippen molar-refractivity contribution in [1.82, 2.24) is 35.3 Å². The molecule has 41 heavy (non-hydrogen) atoms. The molecule has 1 aromatic carbocycles. The molecule has 0 saturated carbocycles. The van der Waals surface area contributed by atoms with E-state index in [0.29, 0.717) is 51.5 Å². The van der Waals surface area contributed by atoms with Crippen LogP contribution in [-0.2, 0) is 20.9 Å². The fourth-order valence-electron chi connectivity index (χ4n) is 5.37. The molecule has 5 heterocycles. The van der Waals surface area contributed by atoms with E-state index in [-0.39, 0.29) is 11.8 Å². The van der Waals surface area contributed by atoms with Crippen LogP contribution in [0.3, 0.4) is 0 Å². The number of amides is 2. The molecule has 12 heteroatoms. The Bertz CT molecular complexity index is 1550. The highest BCUT2D eigenvalue weighted by Gasteiger charge is 2.24. The van der Waals surface area contributed by atoms with Gasteiger partial charge in [-0.1, -0.05) is 18.7 Å². The first-order valence-corrected chi connectivity index (χ1v) is 14.9. The molecule has 0 aliphatic carbocycles. The summed E-state index contributed by atoms with van der Waals surface area (Å²) in [5, 5.41) is 11.0. The van der Waals surface area contributed by atoms with Gasteiger partial charge in [-0.15, -0.1) is 11.3 Å². The second-order valence-electron chi connectivity index (χ2n) is 10.3. The van der Waals surface area contributed by atoms with Crippen LogP contribution >= 0.6 is 11.3 Å². The van der Waals surface area contributed by atoms with Gasteiger partial charge in [0.05, 0.1) is 35.1 Å². The van der Waals surface area contributed by atoms with E-state index < -0.39 is 0 Å². The van der Waals surface area contributed by atoms with E-state index in [4.69, 9.17) is 14.7 Å². The average Bonchev–Trinajstić information content (AvgIpc) is 3.66. The molecule has 0 spiro atoms. The number of anilines is 1. The summed E-state index contributed by atoms with van der Waals surface area (Å²) >= 11 is 1.76. The van der Waals surface area contributed by atoms with E-state index in [9.17, 15) is 9.59 Å². The summed E-state index contributed by atoms with van der Waals surface area (Å²) < 4.78 is 6.72. The quantitative estimate of drug-likeness (QED) is 0.231. The number of aromatic amines is 1. The van der Waals surface area contributed by atoms with Crippen molar-refractivity contribution in [2.75, 3.05) is 63.9 Å². The Balaban J connectivity index is 1.16. The van der Waals surface area contributed by atoms with Crippen LogP contribution in [0.1, 0.15) is 17.7 Å². The number of rotatable bonds is 9. The summed E-state index contributed by atoms with van der Waals surface area (Å²) in [6, 6.07) is 8.25. The number of carbonyl (C=O) groups excluding carboxylic acids is 2. The minimum Gasteiger partial charge on any atom is -0.378 e. The van der Waals surface area contributed by atoms with Crippen LogP contribution in [0.2, 0.25) is 0 Å². The van der Waals surface area contributed by atoms with Gasteiger partial charge in [-0.05, 0) is 24.6 Å². The molecule has 0 atom stereocenters. The first-order chi connectivity index (χ1) is 20.1. The molecule has 6 rings (SSSR count). The third-order valence-electron chi connectivity index (χ3n) is 7.60. The highest BCUT2D eigenvalue weighted by Crippen LogP contribution is 2.36. The van der Waals surface area contributed by atoms with Gasteiger partial charge in [0.15, 0.2) is 11.6 Å². The number of hydrogen-bond donors (Lipinski definition) is 2. The molecule has 2 saturated heterocycles. The molecule has 214 valence electrons. The van der Waals surface area contributed by atoms with Gasteiger partial charge in [0.2, 0.25) is 11.8 Å². The minimum absolute atomic E-state index is 0.143. The van der Waals surface area contributed by atoms with Gasteiger partial charge in [0.1, 0.15) is 0 Å². The SMILES string of the molecule is C=CC(=O)NCCCC(=O)N1CCN(Cc2cc3nc(-c4cccc5[nH]ncc45)nc(N4CCOCC4)c3s2)CC1. The molecule has 2 aliphatic rings. The van der Waals surface area contributed by atoms with Crippen LogP contribution in [0.15, 0.2) is 43.1 Å². The zero-order chi connectivity index (χ0) is 28.2. The number of benzene rings is 1. The highest BCUT2D eigenvalue weighted by molar-refractivity contribution is 7.19. The van der Waals surface area contributed by atoms with E-state index in [2.05, 4.69) is 38.0 Å². The normalized spacial score (nSPS) is 16.4. The van der Waals surface area contributed by atoms with Crippen LogP contribution in [0, 0.1) is 0 Å². The largest absolute Gasteiger partial charge is 0.378 e. The molecule has 11 nitrogen and oxygen atoms in total. The van der Waals surface area contributed by atoms with E-state index in [1.807, 2.05) is 29.3 Å². The van der Waals surface area contributed by atoms with Gasteiger partial charge in [-0.2, -0.15) is 5.10 Å². The van der Waals surface area contributed by atoms with E-state index in [0.717, 1.165) is 65.2 Å². The number of nitrogens with one attached hydrogen (secondary N) is 2. The molecule has 3 aromatic heterocycles. The van der Waals surface area contributed by atoms with Crippen LogP contribution in [-0.4, -0.2) is 101 Å². The molecule has 2 N–H and O–H groups in total. The predicted octanol–water partition coefficient (Wildman–Crippen LogP) is 2.80. The lowest BCUT2D eigenvalue weighted by Crippen LogP contribution is -2.48. The molecular weight excluding hydrogens is 540 g/mol. The van der Waals surface area contributed by atoms with E-state index >= 15 is 0 Å². The summed E-state index contributed by atoms with van der Waals surface area (Å²) in [7, 11) is 0. The molecule has 2 fully saturated rings. The Morgan fingerprint density at radius 1 is 1.12 bits per heavy atom. The molecule has 2 aliphatic heterocycles. The number of carbonyl (C=O) groups is 2. The van der Waals surface area contributed by atoms with Crippen LogP contribution in [0.4, 0.5) is 5.82 Å². The zero-order valence-electron chi connectivity index (χ0n) is 23.0. The predicted molar refractivity (Wildman–Crippen MR) is 160 cm³/mol. The summed E-state index contributed by atoms with van der Waals surface area (Å²) in [5.74, 6) is 1.60. The van der Waals surface area contributed by atoms with Crippen molar-refractivity contribution in [3.63, 3.8) is 0 Å². The third-order valence-corrected chi connectivity index (χ3v) is 8.70. The van der Waals surface area contributed by atoms with Gasteiger partial charge < -0.3 is 19.9 Å². The summed E-state index contributed by atoms with van der Waals surface area (Å²) in [5.41, 5.74) is 2.88.